The van der Waals surface area contributed by atoms with Gasteiger partial charge in [-0.15, -0.1) is 0 Å². The third-order valence-electron chi connectivity index (χ3n) is 6.73. The van der Waals surface area contributed by atoms with Crippen LogP contribution in [-0.4, -0.2) is 15.6 Å². The van der Waals surface area contributed by atoms with Gasteiger partial charge in [-0.3, -0.25) is 4.79 Å². The highest BCUT2D eigenvalue weighted by Crippen LogP contribution is 2.44. The smallest absolute Gasteiger partial charge is 0.416 e. The Bertz CT molecular complexity index is 1530. The summed E-state index contributed by atoms with van der Waals surface area (Å²) in [5.74, 6) is -0.701. The van der Waals surface area contributed by atoms with Crippen molar-refractivity contribution in [3.8, 4) is 0 Å². The second-order valence-corrected chi connectivity index (χ2v) is 12.4. The van der Waals surface area contributed by atoms with E-state index in [9.17, 15) is 23.1 Å². The Morgan fingerprint density at radius 3 is 2.26 bits per heavy atom. The van der Waals surface area contributed by atoms with E-state index in [-0.39, 0.29) is 18.9 Å². The maximum atomic E-state index is 13.2. The Labute approximate surface area is 239 Å². The molecule has 4 rings (SSSR count). The molecule has 0 bridgehead atoms. The zero-order chi connectivity index (χ0) is 28.7. The Kier molecular flexibility index (Phi) is 8.36. The van der Waals surface area contributed by atoms with Gasteiger partial charge in [0.25, 0.3) is 0 Å². The molecule has 0 atom stereocenters. The molecule has 0 aliphatic carbocycles. The first-order valence-electron chi connectivity index (χ1n) is 12.3. The van der Waals surface area contributed by atoms with Gasteiger partial charge in [-0.05, 0) is 73.4 Å². The number of fused-ring (bicyclic) bond motifs is 1. The van der Waals surface area contributed by atoms with Crippen molar-refractivity contribution < 1.29 is 23.1 Å². The number of aromatic nitrogens is 1. The van der Waals surface area contributed by atoms with Gasteiger partial charge in [0.05, 0.1) is 16.0 Å². The van der Waals surface area contributed by atoms with Crippen LogP contribution in [0.5, 0.6) is 0 Å². The number of benzene rings is 3. The van der Waals surface area contributed by atoms with Crippen molar-refractivity contribution in [2.75, 3.05) is 0 Å². The molecule has 206 valence electrons. The standard InChI is InChI=1S/C30H28Cl2F3NO2S/c1-17(2)19-7-12-24-22(13-19)27(39-26-14-21(31)10-11-23(26)32)25(15-29(3,4)28(37)38)36(24)16-18-5-8-20(9-6-18)30(33,34)35/h5-14,17H,15-16H2,1-4H3,(H,37,38). The van der Waals surface area contributed by atoms with Crippen molar-refractivity contribution >= 4 is 51.8 Å². The third kappa shape index (κ3) is 6.42. The molecule has 0 fully saturated rings. The van der Waals surface area contributed by atoms with E-state index in [1.165, 1.54) is 23.9 Å². The first-order chi connectivity index (χ1) is 18.2. The summed E-state index contributed by atoms with van der Waals surface area (Å²) >= 11 is 14.2. The first-order valence-corrected chi connectivity index (χ1v) is 13.9. The van der Waals surface area contributed by atoms with E-state index in [2.05, 4.69) is 19.9 Å². The molecule has 0 aliphatic heterocycles. The molecule has 0 spiro atoms. The second kappa shape index (κ2) is 11.1. The van der Waals surface area contributed by atoms with Crippen LogP contribution in [0.15, 0.2) is 70.5 Å². The molecule has 1 aromatic heterocycles. The average molecular weight is 595 g/mol. The van der Waals surface area contributed by atoms with E-state index in [1.807, 2.05) is 16.7 Å². The van der Waals surface area contributed by atoms with Crippen molar-refractivity contribution in [2.24, 2.45) is 5.41 Å². The molecule has 0 unspecified atom stereocenters. The number of aliphatic carboxylic acids is 1. The number of carboxylic acids is 1. The van der Waals surface area contributed by atoms with Gasteiger partial charge in [0.2, 0.25) is 0 Å². The predicted octanol–water partition coefficient (Wildman–Crippen LogP) is 9.94. The summed E-state index contributed by atoms with van der Waals surface area (Å²) in [6.45, 7) is 7.78. The van der Waals surface area contributed by atoms with Gasteiger partial charge in [0.15, 0.2) is 0 Å². The maximum Gasteiger partial charge on any atom is 0.416 e. The highest BCUT2D eigenvalue weighted by Gasteiger charge is 2.33. The lowest BCUT2D eigenvalue weighted by Gasteiger charge is -2.22. The molecule has 0 saturated heterocycles. The largest absolute Gasteiger partial charge is 0.481 e. The van der Waals surface area contributed by atoms with E-state index in [4.69, 9.17) is 23.2 Å². The van der Waals surface area contributed by atoms with Gasteiger partial charge in [0.1, 0.15) is 0 Å². The summed E-state index contributed by atoms with van der Waals surface area (Å²) in [5.41, 5.74) is 1.57. The van der Waals surface area contributed by atoms with E-state index >= 15 is 0 Å². The first kappa shape index (κ1) is 29.4. The molecule has 39 heavy (non-hydrogen) atoms. The molecule has 1 heterocycles. The lowest BCUT2D eigenvalue weighted by Crippen LogP contribution is -2.27. The summed E-state index contributed by atoms with van der Waals surface area (Å²) < 4.78 is 41.5. The molecule has 0 saturated carbocycles. The van der Waals surface area contributed by atoms with Crippen LogP contribution in [0.3, 0.4) is 0 Å². The molecular formula is C30H28Cl2F3NO2S. The zero-order valence-corrected chi connectivity index (χ0v) is 24.2. The van der Waals surface area contributed by atoms with E-state index in [1.54, 1.807) is 32.0 Å². The fourth-order valence-corrected chi connectivity index (χ4v) is 5.98. The van der Waals surface area contributed by atoms with E-state index in [0.29, 0.717) is 15.6 Å². The van der Waals surface area contributed by atoms with Crippen molar-refractivity contribution in [3.63, 3.8) is 0 Å². The fourth-order valence-electron chi connectivity index (χ4n) is 4.36. The average Bonchev–Trinajstić information content (AvgIpc) is 3.12. The summed E-state index contributed by atoms with van der Waals surface area (Å²) in [5, 5.41) is 11.9. The number of rotatable bonds is 8. The monoisotopic (exact) mass is 593 g/mol. The predicted molar refractivity (Wildman–Crippen MR) is 152 cm³/mol. The number of hydrogen-bond acceptors (Lipinski definition) is 2. The molecule has 1 N–H and O–H groups in total. The van der Waals surface area contributed by atoms with Crippen LogP contribution in [0.4, 0.5) is 13.2 Å². The summed E-state index contributed by atoms with van der Waals surface area (Å²) in [6.07, 6.45) is -4.24. The second-order valence-electron chi connectivity index (χ2n) is 10.5. The molecule has 3 nitrogen and oxygen atoms in total. The summed E-state index contributed by atoms with van der Waals surface area (Å²) in [7, 11) is 0. The lowest BCUT2D eigenvalue weighted by molar-refractivity contribution is -0.147. The number of hydrogen-bond donors (Lipinski definition) is 1. The van der Waals surface area contributed by atoms with Crippen molar-refractivity contribution in [1.29, 1.82) is 0 Å². The van der Waals surface area contributed by atoms with Crippen LogP contribution in [-0.2, 0) is 23.9 Å². The Balaban J connectivity index is 1.96. The van der Waals surface area contributed by atoms with Crippen molar-refractivity contribution in [2.45, 2.75) is 62.5 Å². The molecule has 0 radical (unpaired) electrons. The number of nitrogens with zero attached hydrogens (tertiary/aromatic N) is 1. The van der Waals surface area contributed by atoms with E-state index in [0.717, 1.165) is 44.1 Å². The van der Waals surface area contributed by atoms with Crippen LogP contribution < -0.4 is 0 Å². The quantitative estimate of drug-likeness (QED) is 0.221. The number of carboxylic acid groups (broad SMARTS) is 1. The Morgan fingerprint density at radius 2 is 1.67 bits per heavy atom. The Morgan fingerprint density at radius 1 is 1.00 bits per heavy atom. The fraction of sp³-hybridized carbons (Fsp3) is 0.300. The topological polar surface area (TPSA) is 42.2 Å². The van der Waals surface area contributed by atoms with Crippen LogP contribution in [0, 0.1) is 5.41 Å². The van der Waals surface area contributed by atoms with Gasteiger partial charge < -0.3 is 9.67 Å². The van der Waals surface area contributed by atoms with E-state index < -0.39 is 23.1 Å². The molecular weight excluding hydrogens is 566 g/mol. The van der Waals surface area contributed by atoms with Crippen LogP contribution in [0.2, 0.25) is 10.0 Å². The minimum absolute atomic E-state index is 0.190. The highest BCUT2D eigenvalue weighted by molar-refractivity contribution is 7.99. The van der Waals surface area contributed by atoms with Gasteiger partial charge in [-0.1, -0.05) is 67.0 Å². The zero-order valence-electron chi connectivity index (χ0n) is 21.9. The maximum absolute atomic E-state index is 13.2. The minimum atomic E-state index is -4.43. The minimum Gasteiger partial charge on any atom is -0.481 e. The van der Waals surface area contributed by atoms with Crippen LogP contribution in [0.1, 0.15) is 56.0 Å². The molecule has 4 aromatic rings. The normalized spacial score (nSPS) is 12.5. The van der Waals surface area contributed by atoms with Crippen LogP contribution >= 0.6 is 35.0 Å². The Hall–Kier alpha value is -2.61. The van der Waals surface area contributed by atoms with Crippen LogP contribution in [0.25, 0.3) is 10.9 Å². The number of halogens is 5. The number of carbonyl (C=O) groups is 1. The highest BCUT2D eigenvalue weighted by atomic mass is 35.5. The molecule has 0 aliphatic rings. The SMILES string of the molecule is CC(C)c1ccc2c(c1)c(Sc1cc(Cl)ccc1Cl)c(CC(C)(C)C(=O)O)n2Cc1ccc(C(F)(F)F)cc1. The summed E-state index contributed by atoms with van der Waals surface area (Å²) in [6, 6.07) is 16.4. The molecule has 0 amide bonds. The number of alkyl halides is 3. The van der Waals surface area contributed by atoms with Gasteiger partial charge in [0, 0.05) is 44.4 Å². The van der Waals surface area contributed by atoms with Gasteiger partial charge in [-0.25, -0.2) is 0 Å². The molecule has 9 heteroatoms. The van der Waals surface area contributed by atoms with Crippen molar-refractivity contribution in [1.82, 2.24) is 4.57 Å². The van der Waals surface area contributed by atoms with Crippen molar-refractivity contribution in [3.05, 3.63) is 93.1 Å². The van der Waals surface area contributed by atoms with Gasteiger partial charge >= 0.3 is 12.1 Å². The third-order valence-corrected chi connectivity index (χ3v) is 8.62. The lowest BCUT2D eigenvalue weighted by atomic mass is 9.88. The molecule has 3 aromatic carbocycles. The summed E-state index contributed by atoms with van der Waals surface area (Å²) in [4.78, 5) is 13.8. The van der Waals surface area contributed by atoms with Gasteiger partial charge in [-0.2, -0.15) is 13.2 Å².